The lowest BCUT2D eigenvalue weighted by atomic mass is 10.0. The third kappa shape index (κ3) is 9.24. The zero-order valence-electron chi connectivity index (χ0n) is 32.8. The number of amides is 2. The molecule has 0 unspecified atom stereocenters. The number of allylic oxidation sites excluding steroid dienone is 1. The van der Waals surface area contributed by atoms with Crippen molar-refractivity contribution in [3.05, 3.63) is 36.4 Å². The molecular weight excluding hydrogens is 664 g/mol. The summed E-state index contributed by atoms with van der Waals surface area (Å²) in [7, 11) is 1.87. The minimum atomic E-state index is -0.831. The van der Waals surface area contributed by atoms with Crippen LogP contribution in [-0.2, 0) is 26.0 Å². The van der Waals surface area contributed by atoms with Crippen molar-refractivity contribution in [1.29, 1.82) is 0 Å². The average molecular weight is 723 g/mol. The number of aryl methyl sites for hydroxylation is 1. The Kier molecular flexibility index (Phi) is 11.3. The van der Waals surface area contributed by atoms with Crippen molar-refractivity contribution in [3.63, 3.8) is 0 Å². The molecule has 1 aliphatic carbocycles. The van der Waals surface area contributed by atoms with Gasteiger partial charge in [-0.2, -0.15) is 5.10 Å². The Bertz CT molecular complexity index is 1770. The maximum absolute atomic E-state index is 13.8. The van der Waals surface area contributed by atoms with Crippen molar-refractivity contribution in [2.75, 3.05) is 31.9 Å². The van der Waals surface area contributed by atoms with Gasteiger partial charge in [-0.3, -0.25) is 4.68 Å². The van der Waals surface area contributed by atoms with Crippen LogP contribution < -0.4 is 5.73 Å². The lowest BCUT2D eigenvalue weighted by molar-refractivity contribution is -0.160. The summed E-state index contributed by atoms with van der Waals surface area (Å²) >= 11 is 0. The first-order valence-corrected chi connectivity index (χ1v) is 18.3. The summed E-state index contributed by atoms with van der Waals surface area (Å²) in [5.41, 5.74) is 8.61. The molecule has 0 radical (unpaired) electrons. The van der Waals surface area contributed by atoms with Gasteiger partial charge < -0.3 is 39.0 Å². The van der Waals surface area contributed by atoms with E-state index in [9.17, 15) is 9.59 Å². The number of nitrogen functional groups attached to an aromatic ring is 1. The molecule has 5 rings (SSSR count). The van der Waals surface area contributed by atoms with E-state index < -0.39 is 23.1 Å². The van der Waals surface area contributed by atoms with Crippen LogP contribution in [0.25, 0.3) is 22.3 Å². The second kappa shape index (κ2) is 15.1. The van der Waals surface area contributed by atoms with Gasteiger partial charge in [0.05, 0.1) is 23.2 Å². The molecule has 52 heavy (non-hydrogen) atoms. The van der Waals surface area contributed by atoms with E-state index in [4.69, 9.17) is 24.7 Å². The molecule has 3 aromatic rings. The fourth-order valence-corrected chi connectivity index (χ4v) is 7.02. The van der Waals surface area contributed by atoms with Gasteiger partial charge in [0, 0.05) is 57.1 Å². The summed E-state index contributed by atoms with van der Waals surface area (Å²) in [4.78, 5) is 39.5. The van der Waals surface area contributed by atoms with Gasteiger partial charge >= 0.3 is 12.2 Å². The first-order valence-electron chi connectivity index (χ1n) is 18.3. The Morgan fingerprint density at radius 2 is 1.65 bits per heavy atom. The first kappa shape index (κ1) is 39.0. The molecule has 4 heterocycles. The highest BCUT2D eigenvalue weighted by Crippen LogP contribution is 2.49. The number of hydrogen-bond donors (Lipinski definition) is 1. The molecule has 0 bridgehead atoms. The molecule has 1 saturated carbocycles. The van der Waals surface area contributed by atoms with Gasteiger partial charge in [0.15, 0.2) is 5.79 Å². The van der Waals surface area contributed by atoms with Crippen LogP contribution in [0.15, 0.2) is 36.4 Å². The quantitative estimate of drug-likeness (QED) is 0.211. The molecule has 2 N–H and O–H groups in total. The number of rotatable bonds is 11. The van der Waals surface area contributed by atoms with E-state index in [2.05, 4.69) is 19.6 Å². The highest BCUT2D eigenvalue weighted by Gasteiger charge is 2.55. The van der Waals surface area contributed by atoms with E-state index in [0.29, 0.717) is 50.5 Å². The van der Waals surface area contributed by atoms with Gasteiger partial charge in [0.25, 0.3) is 0 Å². The summed E-state index contributed by atoms with van der Waals surface area (Å²) in [5.74, 6) is -0.557. The van der Waals surface area contributed by atoms with Crippen LogP contribution in [-0.4, -0.2) is 102 Å². The van der Waals surface area contributed by atoms with Gasteiger partial charge in [0.2, 0.25) is 0 Å². The summed E-state index contributed by atoms with van der Waals surface area (Å²) in [6.07, 6.45) is 7.95. The van der Waals surface area contributed by atoms with Crippen molar-refractivity contribution in [3.8, 4) is 11.3 Å². The van der Waals surface area contributed by atoms with E-state index in [1.54, 1.807) is 14.5 Å². The van der Waals surface area contributed by atoms with Crippen molar-refractivity contribution >= 4 is 29.0 Å². The Morgan fingerprint density at radius 3 is 2.27 bits per heavy atom. The van der Waals surface area contributed by atoms with Gasteiger partial charge in [-0.1, -0.05) is 11.6 Å². The Hall–Kier alpha value is -4.17. The monoisotopic (exact) mass is 722 g/mol. The third-order valence-corrected chi connectivity index (χ3v) is 9.42. The number of carbonyl (C=O) groups excluding carboxylic acids is 2. The second-order valence-corrected chi connectivity index (χ2v) is 16.5. The first-order chi connectivity index (χ1) is 24.2. The SMILES string of the molecule is C/C=C(\C)CCN(CCCN(C[C@H]1C[C@@H](n2cc(-c3ccn(C)n3)c3c(N)ncnc32)[C@@H]2OC(C)(C)O[C@H]12)C(=O)OC(C)(C)C)C(=O)OC(C)(C)C. The molecule has 2 amide bonds. The third-order valence-electron chi connectivity index (χ3n) is 9.42. The summed E-state index contributed by atoms with van der Waals surface area (Å²) in [5, 5.41) is 5.37. The number of ether oxygens (including phenoxy) is 4. The highest BCUT2D eigenvalue weighted by molar-refractivity contribution is 5.99. The van der Waals surface area contributed by atoms with Crippen molar-refractivity contribution < 1.29 is 28.5 Å². The zero-order valence-corrected chi connectivity index (χ0v) is 32.8. The molecule has 0 aromatic carbocycles. The number of anilines is 1. The van der Waals surface area contributed by atoms with E-state index in [0.717, 1.165) is 23.1 Å². The number of fused-ring (bicyclic) bond motifs is 2. The van der Waals surface area contributed by atoms with Crippen LogP contribution in [0, 0.1) is 5.92 Å². The fourth-order valence-electron chi connectivity index (χ4n) is 7.02. The summed E-state index contributed by atoms with van der Waals surface area (Å²) in [6.45, 7) is 20.7. The lowest BCUT2D eigenvalue weighted by Crippen LogP contribution is -2.44. The van der Waals surface area contributed by atoms with Crippen LogP contribution >= 0.6 is 0 Å². The molecule has 14 heteroatoms. The van der Waals surface area contributed by atoms with Crippen LogP contribution in [0.1, 0.15) is 94.5 Å². The molecular formula is C38H58N8O6. The minimum absolute atomic E-state index is 0.0986. The maximum atomic E-state index is 13.8. The van der Waals surface area contributed by atoms with E-state index in [-0.39, 0.29) is 30.3 Å². The van der Waals surface area contributed by atoms with Crippen LogP contribution in [0.4, 0.5) is 15.4 Å². The largest absolute Gasteiger partial charge is 0.444 e. The lowest BCUT2D eigenvalue weighted by Gasteiger charge is -2.32. The molecule has 0 spiro atoms. The zero-order chi connectivity index (χ0) is 38.2. The number of nitrogens with two attached hydrogens (primary N) is 1. The van der Waals surface area contributed by atoms with Crippen LogP contribution in [0.5, 0.6) is 0 Å². The van der Waals surface area contributed by atoms with E-state index in [1.165, 1.54) is 11.9 Å². The molecule has 14 nitrogen and oxygen atoms in total. The minimum Gasteiger partial charge on any atom is -0.444 e. The molecule has 286 valence electrons. The number of hydrogen-bond acceptors (Lipinski definition) is 10. The Morgan fingerprint density at radius 1 is 1.02 bits per heavy atom. The van der Waals surface area contributed by atoms with Gasteiger partial charge in [-0.15, -0.1) is 0 Å². The molecule has 4 atom stereocenters. The van der Waals surface area contributed by atoms with Gasteiger partial charge in [-0.05, 0) is 94.6 Å². The van der Waals surface area contributed by atoms with Crippen molar-refractivity contribution in [1.82, 2.24) is 34.1 Å². The number of nitrogens with zero attached hydrogens (tertiary/aromatic N) is 7. The van der Waals surface area contributed by atoms with Crippen LogP contribution in [0.3, 0.4) is 0 Å². The molecule has 1 aliphatic heterocycles. The summed E-state index contributed by atoms with van der Waals surface area (Å²) < 4.78 is 28.7. The average Bonchev–Trinajstić information content (AvgIpc) is 3.78. The normalized spacial score (nSPS) is 21.7. The highest BCUT2D eigenvalue weighted by atomic mass is 16.8. The predicted molar refractivity (Wildman–Crippen MR) is 199 cm³/mol. The maximum Gasteiger partial charge on any atom is 0.410 e. The molecule has 1 saturated heterocycles. The van der Waals surface area contributed by atoms with Gasteiger partial charge in [-0.25, -0.2) is 19.6 Å². The number of aromatic nitrogens is 5. The Balaban J connectivity index is 1.42. The van der Waals surface area contributed by atoms with Crippen molar-refractivity contribution in [2.24, 2.45) is 13.0 Å². The Labute approximate surface area is 307 Å². The molecule has 2 aliphatic rings. The number of carbonyl (C=O) groups is 2. The molecule has 3 aromatic heterocycles. The topological polar surface area (TPSA) is 152 Å². The standard InChI is InChI=1S/C38H58N8O6/c1-12-24(2)14-19-44(34(47)51-36(3,4)5)16-13-17-45(35(48)52-37(6,7)8)21-25-20-28(31-30(25)49-38(9,10)50-31)46-22-26(27-15-18-43(11)42-27)29-32(39)40-23-41-33(29)46/h12,15,18,22-23,25,28,30-31H,13-14,16-17,19-21H2,1-11H3,(H2,39,40,41)/b24-12+/t25-,28-,30-,31+/m1/s1. The fraction of sp³-hybridized carbons (Fsp3) is 0.658. The second-order valence-electron chi connectivity index (χ2n) is 16.5. The van der Waals surface area contributed by atoms with Gasteiger partial charge in [0.1, 0.15) is 35.1 Å². The van der Waals surface area contributed by atoms with E-state index in [1.807, 2.05) is 101 Å². The van der Waals surface area contributed by atoms with E-state index >= 15 is 0 Å². The molecule has 2 fully saturated rings. The smallest absolute Gasteiger partial charge is 0.410 e. The van der Waals surface area contributed by atoms with Crippen molar-refractivity contribution in [2.45, 2.75) is 124 Å². The van der Waals surface area contributed by atoms with Crippen LogP contribution in [0.2, 0.25) is 0 Å². The summed E-state index contributed by atoms with van der Waals surface area (Å²) in [6, 6.07) is 1.76. The predicted octanol–water partition coefficient (Wildman–Crippen LogP) is 6.72.